The van der Waals surface area contributed by atoms with E-state index in [1.165, 1.54) is 6.07 Å². The van der Waals surface area contributed by atoms with Crippen molar-refractivity contribution in [2.24, 2.45) is 0 Å². The molecule has 17 heavy (non-hydrogen) atoms. The molecule has 0 radical (unpaired) electrons. The molecule has 2 rings (SSSR count). The van der Waals surface area contributed by atoms with Gasteiger partial charge in [-0.25, -0.2) is 0 Å². The van der Waals surface area contributed by atoms with Crippen molar-refractivity contribution in [2.75, 3.05) is 0 Å². The highest BCUT2D eigenvalue weighted by Crippen LogP contribution is 2.27. The van der Waals surface area contributed by atoms with Crippen molar-refractivity contribution >= 4 is 11.0 Å². The van der Waals surface area contributed by atoms with E-state index < -0.39 is 0 Å². The van der Waals surface area contributed by atoms with Crippen LogP contribution >= 0.6 is 0 Å². The Kier molecular flexibility index (Phi) is 2.92. The third kappa shape index (κ3) is 1.93. The SMILES string of the molecule is CCC(C)c1cc(=O)c2ccc(O)c(C)c2o1. The average Bonchev–Trinajstić information content (AvgIpc) is 2.33. The lowest BCUT2D eigenvalue weighted by Gasteiger charge is -2.10. The van der Waals surface area contributed by atoms with Crippen molar-refractivity contribution < 1.29 is 9.52 Å². The molecule has 3 nitrogen and oxygen atoms in total. The lowest BCUT2D eigenvalue weighted by atomic mass is 10.0. The highest BCUT2D eigenvalue weighted by Gasteiger charge is 2.12. The minimum Gasteiger partial charge on any atom is -0.508 e. The first-order chi connectivity index (χ1) is 8.04. The smallest absolute Gasteiger partial charge is 0.192 e. The van der Waals surface area contributed by atoms with Crippen LogP contribution in [0.4, 0.5) is 0 Å². The second-order valence-corrected chi connectivity index (χ2v) is 4.41. The van der Waals surface area contributed by atoms with E-state index in [0.29, 0.717) is 22.3 Å². The number of aromatic hydroxyl groups is 1. The Morgan fingerprint density at radius 1 is 1.41 bits per heavy atom. The molecule has 1 unspecified atom stereocenters. The molecule has 1 heterocycles. The van der Waals surface area contributed by atoms with Gasteiger partial charge in [0.25, 0.3) is 0 Å². The van der Waals surface area contributed by atoms with E-state index in [-0.39, 0.29) is 17.1 Å². The summed E-state index contributed by atoms with van der Waals surface area (Å²) in [5, 5.41) is 10.2. The molecule has 0 saturated carbocycles. The predicted octanol–water partition coefficient (Wildman–Crippen LogP) is 3.32. The Morgan fingerprint density at radius 3 is 2.76 bits per heavy atom. The van der Waals surface area contributed by atoms with E-state index in [4.69, 9.17) is 4.42 Å². The number of fused-ring (bicyclic) bond motifs is 1. The Balaban J connectivity index is 2.79. The molecule has 3 heteroatoms. The summed E-state index contributed by atoms with van der Waals surface area (Å²) in [4.78, 5) is 11.9. The van der Waals surface area contributed by atoms with Crippen LogP contribution in [-0.4, -0.2) is 5.11 Å². The summed E-state index contributed by atoms with van der Waals surface area (Å²) in [7, 11) is 0. The number of hydrogen-bond acceptors (Lipinski definition) is 3. The summed E-state index contributed by atoms with van der Waals surface area (Å²) < 4.78 is 5.75. The first-order valence-electron chi connectivity index (χ1n) is 5.81. The van der Waals surface area contributed by atoms with Gasteiger partial charge in [0.2, 0.25) is 0 Å². The van der Waals surface area contributed by atoms with E-state index in [9.17, 15) is 9.90 Å². The molecular formula is C14H16O3. The summed E-state index contributed by atoms with van der Waals surface area (Å²) in [5.74, 6) is 1.04. The molecule has 0 bridgehead atoms. The maximum atomic E-state index is 11.9. The minimum absolute atomic E-state index is 0.0512. The summed E-state index contributed by atoms with van der Waals surface area (Å²) in [5.41, 5.74) is 1.06. The highest BCUT2D eigenvalue weighted by molar-refractivity contribution is 5.81. The van der Waals surface area contributed by atoms with Crippen LogP contribution in [0.3, 0.4) is 0 Å². The van der Waals surface area contributed by atoms with E-state index in [0.717, 1.165) is 6.42 Å². The van der Waals surface area contributed by atoms with Crippen molar-refractivity contribution in [3.8, 4) is 5.75 Å². The van der Waals surface area contributed by atoms with Gasteiger partial charge in [-0.15, -0.1) is 0 Å². The summed E-state index contributed by atoms with van der Waals surface area (Å²) in [6.07, 6.45) is 0.909. The molecule has 0 aliphatic heterocycles. The van der Waals surface area contributed by atoms with Gasteiger partial charge in [-0.2, -0.15) is 0 Å². The van der Waals surface area contributed by atoms with Crippen molar-refractivity contribution in [3.05, 3.63) is 39.7 Å². The average molecular weight is 232 g/mol. The lowest BCUT2D eigenvalue weighted by Crippen LogP contribution is -2.04. The van der Waals surface area contributed by atoms with E-state index >= 15 is 0 Å². The largest absolute Gasteiger partial charge is 0.508 e. The fourth-order valence-corrected chi connectivity index (χ4v) is 1.81. The minimum atomic E-state index is -0.0512. The van der Waals surface area contributed by atoms with Gasteiger partial charge in [0.1, 0.15) is 17.1 Å². The summed E-state index contributed by atoms with van der Waals surface area (Å²) in [6, 6.07) is 4.67. The van der Waals surface area contributed by atoms with Crippen molar-refractivity contribution in [1.82, 2.24) is 0 Å². The van der Waals surface area contributed by atoms with Gasteiger partial charge in [-0.3, -0.25) is 4.79 Å². The topological polar surface area (TPSA) is 50.4 Å². The molecule has 0 spiro atoms. The molecule has 1 aromatic heterocycles. The molecular weight excluding hydrogens is 216 g/mol. The zero-order valence-corrected chi connectivity index (χ0v) is 10.3. The molecule has 1 aromatic carbocycles. The van der Waals surface area contributed by atoms with Crippen LogP contribution in [0, 0.1) is 6.92 Å². The van der Waals surface area contributed by atoms with Crippen molar-refractivity contribution in [2.45, 2.75) is 33.1 Å². The standard InChI is InChI=1S/C14H16O3/c1-4-8(2)13-7-12(16)10-5-6-11(15)9(3)14(10)17-13/h5-8,15H,4H2,1-3H3. The molecule has 0 amide bonds. The van der Waals surface area contributed by atoms with Crippen molar-refractivity contribution in [3.63, 3.8) is 0 Å². The summed E-state index contributed by atoms with van der Waals surface area (Å²) >= 11 is 0. The van der Waals surface area contributed by atoms with Gasteiger partial charge in [0.15, 0.2) is 5.43 Å². The molecule has 2 aromatic rings. The fourth-order valence-electron chi connectivity index (χ4n) is 1.81. The van der Waals surface area contributed by atoms with Crippen LogP contribution in [0.25, 0.3) is 11.0 Å². The van der Waals surface area contributed by atoms with Gasteiger partial charge in [-0.05, 0) is 25.5 Å². The number of rotatable bonds is 2. The molecule has 0 aliphatic rings. The molecule has 0 saturated heterocycles. The zero-order chi connectivity index (χ0) is 12.6. The number of benzene rings is 1. The van der Waals surface area contributed by atoms with Crippen LogP contribution in [0.1, 0.15) is 37.5 Å². The van der Waals surface area contributed by atoms with Gasteiger partial charge in [-0.1, -0.05) is 13.8 Å². The zero-order valence-electron chi connectivity index (χ0n) is 10.3. The van der Waals surface area contributed by atoms with Crippen LogP contribution < -0.4 is 5.43 Å². The first-order valence-corrected chi connectivity index (χ1v) is 5.81. The molecule has 1 N–H and O–H groups in total. The van der Waals surface area contributed by atoms with Crippen LogP contribution in [-0.2, 0) is 0 Å². The maximum absolute atomic E-state index is 11.9. The van der Waals surface area contributed by atoms with E-state index in [1.54, 1.807) is 19.1 Å². The first kappa shape index (κ1) is 11.7. The number of aryl methyl sites for hydroxylation is 1. The van der Waals surface area contributed by atoms with Gasteiger partial charge in [0.05, 0.1) is 5.39 Å². The third-order valence-corrected chi connectivity index (χ3v) is 3.23. The molecule has 90 valence electrons. The van der Waals surface area contributed by atoms with Gasteiger partial charge < -0.3 is 9.52 Å². The Labute approximate surface area is 99.7 Å². The number of phenolic OH excluding ortho intramolecular Hbond substituents is 1. The molecule has 0 fully saturated rings. The number of phenols is 1. The fraction of sp³-hybridized carbons (Fsp3) is 0.357. The van der Waals surface area contributed by atoms with Crippen LogP contribution in [0.2, 0.25) is 0 Å². The molecule has 0 aliphatic carbocycles. The summed E-state index contributed by atoms with van der Waals surface area (Å²) in [6.45, 7) is 5.81. The Hall–Kier alpha value is -1.77. The van der Waals surface area contributed by atoms with Gasteiger partial charge >= 0.3 is 0 Å². The third-order valence-electron chi connectivity index (χ3n) is 3.23. The monoisotopic (exact) mass is 232 g/mol. The van der Waals surface area contributed by atoms with E-state index in [2.05, 4.69) is 0 Å². The number of hydrogen-bond donors (Lipinski definition) is 1. The maximum Gasteiger partial charge on any atom is 0.192 e. The lowest BCUT2D eigenvalue weighted by molar-refractivity contribution is 0.461. The highest BCUT2D eigenvalue weighted by atomic mass is 16.3. The predicted molar refractivity (Wildman–Crippen MR) is 67.6 cm³/mol. The Bertz CT molecular complexity index is 611. The normalized spacial score (nSPS) is 12.9. The van der Waals surface area contributed by atoms with E-state index in [1.807, 2.05) is 13.8 Å². The Morgan fingerprint density at radius 2 is 2.12 bits per heavy atom. The van der Waals surface area contributed by atoms with Crippen LogP contribution in [0.15, 0.2) is 27.4 Å². The second-order valence-electron chi connectivity index (χ2n) is 4.41. The quantitative estimate of drug-likeness (QED) is 0.864. The second kappa shape index (κ2) is 4.24. The van der Waals surface area contributed by atoms with Crippen LogP contribution in [0.5, 0.6) is 5.75 Å². The molecule has 1 atom stereocenters. The van der Waals surface area contributed by atoms with Gasteiger partial charge in [0, 0.05) is 17.5 Å². The van der Waals surface area contributed by atoms with Crippen molar-refractivity contribution in [1.29, 1.82) is 0 Å².